The fourth-order valence-corrected chi connectivity index (χ4v) is 2.74. The maximum atomic E-state index is 4.45. The molecule has 2 aromatic rings. The van der Waals surface area contributed by atoms with E-state index in [0.717, 1.165) is 18.5 Å². The van der Waals surface area contributed by atoms with Crippen LogP contribution in [0.15, 0.2) is 36.5 Å². The highest BCUT2D eigenvalue weighted by molar-refractivity contribution is 5.78. The number of aryl methyl sites for hydroxylation is 1. The first-order valence-corrected chi connectivity index (χ1v) is 8.07. The van der Waals surface area contributed by atoms with Crippen LogP contribution in [0.3, 0.4) is 0 Å². The Morgan fingerprint density at radius 2 is 2.00 bits per heavy atom. The Kier molecular flexibility index (Phi) is 5.35. The van der Waals surface area contributed by atoms with Crippen molar-refractivity contribution in [2.24, 2.45) is 5.41 Å². The standard InChI is InChI=1S/C19H28N2/c1-5-12-21-18(19(2,3)4)11-9-15-8-10-16-7-6-13-20-17(16)14-15/h6-8,10,13-14,18,21H,5,9,11-12H2,1-4H3. The molecular weight excluding hydrogens is 256 g/mol. The molecule has 1 aromatic carbocycles. The fraction of sp³-hybridized carbons (Fsp3) is 0.526. The van der Waals surface area contributed by atoms with Crippen molar-refractivity contribution in [3.05, 3.63) is 42.1 Å². The minimum absolute atomic E-state index is 0.296. The second-order valence-electron chi connectivity index (χ2n) is 6.94. The van der Waals surface area contributed by atoms with E-state index in [-0.39, 0.29) is 0 Å². The summed E-state index contributed by atoms with van der Waals surface area (Å²) < 4.78 is 0. The molecule has 0 fully saturated rings. The number of hydrogen-bond donors (Lipinski definition) is 1. The lowest BCUT2D eigenvalue weighted by atomic mass is 9.83. The van der Waals surface area contributed by atoms with Crippen LogP contribution in [0.5, 0.6) is 0 Å². The van der Waals surface area contributed by atoms with Crippen LogP contribution < -0.4 is 5.32 Å². The first-order valence-electron chi connectivity index (χ1n) is 8.07. The van der Waals surface area contributed by atoms with E-state index in [1.54, 1.807) is 0 Å². The summed E-state index contributed by atoms with van der Waals surface area (Å²) in [4.78, 5) is 4.45. The maximum Gasteiger partial charge on any atom is 0.0704 e. The number of nitrogens with one attached hydrogen (secondary N) is 1. The molecule has 0 radical (unpaired) electrons. The lowest BCUT2D eigenvalue weighted by Crippen LogP contribution is -2.41. The van der Waals surface area contributed by atoms with E-state index in [9.17, 15) is 0 Å². The van der Waals surface area contributed by atoms with Crippen molar-refractivity contribution < 1.29 is 0 Å². The Labute approximate surface area is 129 Å². The van der Waals surface area contributed by atoms with Crippen LogP contribution in [0, 0.1) is 5.41 Å². The molecular formula is C19H28N2. The summed E-state index contributed by atoms with van der Waals surface area (Å²) in [7, 11) is 0. The Morgan fingerprint density at radius 1 is 1.19 bits per heavy atom. The molecule has 1 unspecified atom stereocenters. The lowest BCUT2D eigenvalue weighted by Gasteiger charge is -2.32. The third kappa shape index (κ3) is 4.53. The average Bonchev–Trinajstić information content (AvgIpc) is 2.45. The van der Waals surface area contributed by atoms with Gasteiger partial charge in [-0.3, -0.25) is 4.98 Å². The van der Waals surface area contributed by atoms with E-state index in [4.69, 9.17) is 0 Å². The highest BCUT2D eigenvalue weighted by Crippen LogP contribution is 2.24. The van der Waals surface area contributed by atoms with Gasteiger partial charge in [-0.15, -0.1) is 0 Å². The summed E-state index contributed by atoms with van der Waals surface area (Å²) in [6.07, 6.45) is 5.33. The van der Waals surface area contributed by atoms with Crippen LogP contribution in [-0.4, -0.2) is 17.6 Å². The van der Waals surface area contributed by atoms with E-state index in [1.807, 2.05) is 12.3 Å². The molecule has 0 bridgehead atoms. The topological polar surface area (TPSA) is 24.9 Å². The molecule has 0 saturated carbocycles. The third-order valence-electron chi connectivity index (χ3n) is 4.08. The van der Waals surface area contributed by atoms with Crippen LogP contribution >= 0.6 is 0 Å². The first kappa shape index (κ1) is 16.0. The monoisotopic (exact) mass is 284 g/mol. The molecule has 114 valence electrons. The van der Waals surface area contributed by atoms with Gasteiger partial charge in [-0.25, -0.2) is 0 Å². The van der Waals surface area contributed by atoms with Crippen LogP contribution in [0.2, 0.25) is 0 Å². The van der Waals surface area contributed by atoms with Gasteiger partial charge in [0.25, 0.3) is 0 Å². The molecule has 0 aliphatic carbocycles. The van der Waals surface area contributed by atoms with Crippen molar-refractivity contribution in [1.29, 1.82) is 0 Å². The van der Waals surface area contributed by atoms with Crippen molar-refractivity contribution in [1.82, 2.24) is 10.3 Å². The number of rotatable bonds is 6. The van der Waals surface area contributed by atoms with Crippen molar-refractivity contribution in [2.45, 2.75) is 53.0 Å². The summed E-state index contributed by atoms with van der Waals surface area (Å²) in [6, 6.07) is 11.3. The summed E-state index contributed by atoms with van der Waals surface area (Å²) in [6.45, 7) is 10.3. The van der Waals surface area contributed by atoms with Gasteiger partial charge in [0.15, 0.2) is 0 Å². The van der Waals surface area contributed by atoms with Gasteiger partial charge in [-0.2, -0.15) is 0 Å². The number of benzene rings is 1. The van der Waals surface area contributed by atoms with E-state index in [0.29, 0.717) is 11.5 Å². The van der Waals surface area contributed by atoms with Gasteiger partial charge in [-0.05, 0) is 48.9 Å². The maximum absolute atomic E-state index is 4.45. The molecule has 1 N–H and O–H groups in total. The predicted molar refractivity (Wildman–Crippen MR) is 91.6 cm³/mol. The second kappa shape index (κ2) is 7.04. The van der Waals surface area contributed by atoms with E-state index in [2.05, 4.69) is 62.3 Å². The Bertz CT molecular complexity index is 569. The van der Waals surface area contributed by atoms with Crippen LogP contribution in [-0.2, 0) is 6.42 Å². The van der Waals surface area contributed by atoms with E-state index in [1.165, 1.54) is 23.8 Å². The summed E-state index contributed by atoms with van der Waals surface area (Å²) in [5.74, 6) is 0. The molecule has 1 atom stereocenters. The van der Waals surface area contributed by atoms with Crippen molar-refractivity contribution in [2.75, 3.05) is 6.54 Å². The van der Waals surface area contributed by atoms with Crippen molar-refractivity contribution in [3.63, 3.8) is 0 Å². The number of pyridine rings is 1. The zero-order valence-corrected chi connectivity index (χ0v) is 13.8. The van der Waals surface area contributed by atoms with Gasteiger partial charge in [0, 0.05) is 17.6 Å². The SMILES string of the molecule is CCCNC(CCc1ccc2cccnc2c1)C(C)(C)C. The zero-order valence-electron chi connectivity index (χ0n) is 13.8. The molecule has 0 spiro atoms. The fourth-order valence-electron chi connectivity index (χ4n) is 2.74. The number of hydrogen-bond acceptors (Lipinski definition) is 2. The summed E-state index contributed by atoms with van der Waals surface area (Å²) in [5.41, 5.74) is 2.78. The summed E-state index contributed by atoms with van der Waals surface area (Å²) >= 11 is 0. The van der Waals surface area contributed by atoms with Gasteiger partial charge in [0.1, 0.15) is 0 Å². The second-order valence-corrected chi connectivity index (χ2v) is 6.94. The van der Waals surface area contributed by atoms with Gasteiger partial charge in [0.2, 0.25) is 0 Å². The molecule has 21 heavy (non-hydrogen) atoms. The molecule has 2 rings (SSSR count). The van der Waals surface area contributed by atoms with Crippen LogP contribution in [0.4, 0.5) is 0 Å². The average molecular weight is 284 g/mol. The highest BCUT2D eigenvalue weighted by atomic mass is 14.9. The Hall–Kier alpha value is -1.41. The first-order chi connectivity index (χ1) is 10.0. The number of aromatic nitrogens is 1. The number of nitrogens with zero attached hydrogens (tertiary/aromatic N) is 1. The minimum atomic E-state index is 0.296. The normalized spacial score (nSPS) is 13.5. The van der Waals surface area contributed by atoms with Gasteiger partial charge in [-0.1, -0.05) is 45.9 Å². The van der Waals surface area contributed by atoms with E-state index >= 15 is 0 Å². The quantitative estimate of drug-likeness (QED) is 0.839. The van der Waals surface area contributed by atoms with Gasteiger partial charge in [0.05, 0.1) is 5.52 Å². The van der Waals surface area contributed by atoms with Crippen LogP contribution in [0.1, 0.15) is 46.1 Å². The largest absolute Gasteiger partial charge is 0.313 e. The predicted octanol–water partition coefficient (Wildman–Crippen LogP) is 4.58. The van der Waals surface area contributed by atoms with E-state index < -0.39 is 0 Å². The Morgan fingerprint density at radius 3 is 2.71 bits per heavy atom. The zero-order chi connectivity index (χ0) is 15.3. The van der Waals surface area contributed by atoms with Crippen LogP contribution in [0.25, 0.3) is 10.9 Å². The molecule has 0 amide bonds. The molecule has 1 heterocycles. The summed E-state index contributed by atoms with van der Waals surface area (Å²) in [5, 5.41) is 4.92. The third-order valence-corrected chi connectivity index (χ3v) is 4.08. The van der Waals surface area contributed by atoms with Gasteiger partial charge >= 0.3 is 0 Å². The molecule has 0 aliphatic heterocycles. The minimum Gasteiger partial charge on any atom is -0.313 e. The van der Waals surface area contributed by atoms with Crippen molar-refractivity contribution in [3.8, 4) is 0 Å². The Balaban J connectivity index is 2.04. The molecule has 1 aromatic heterocycles. The number of fused-ring (bicyclic) bond motifs is 1. The van der Waals surface area contributed by atoms with Crippen molar-refractivity contribution >= 4 is 10.9 Å². The lowest BCUT2D eigenvalue weighted by molar-refractivity contribution is 0.255. The molecule has 2 nitrogen and oxygen atoms in total. The molecule has 0 saturated heterocycles. The smallest absolute Gasteiger partial charge is 0.0704 e. The highest BCUT2D eigenvalue weighted by Gasteiger charge is 2.23. The van der Waals surface area contributed by atoms with Gasteiger partial charge < -0.3 is 5.32 Å². The molecule has 2 heteroatoms. The molecule has 0 aliphatic rings.